The highest BCUT2D eigenvalue weighted by Gasteiger charge is 2.31. The second kappa shape index (κ2) is 8.47. The van der Waals surface area contributed by atoms with E-state index in [1.807, 2.05) is 65.6 Å². The fourth-order valence-electron chi connectivity index (χ4n) is 3.91. The van der Waals surface area contributed by atoms with Gasteiger partial charge in [0.15, 0.2) is 5.75 Å². The number of carboxylic acid groups (broad SMARTS) is 1. The van der Waals surface area contributed by atoms with Crippen LogP contribution in [0.4, 0.5) is 17.2 Å². The van der Waals surface area contributed by atoms with Crippen molar-refractivity contribution in [2.24, 2.45) is 0 Å². The quantitative estimate of drug-likeness (QED) is 0.485. The summed E-state index contributed by atoms with van der Waals surface area (Å²) in [4.78, 5) is 17.9. The lowest BCUT2D eigenvalue weighted by atomic mass is 9.96. The van der Waals surface area contributed by atoms with Gasteiger partial charge in [-0.1, -0.05) is 42.5 Å². The van der Waals surface area contributed by atoms with Crippen molar-refractivity contribution in [3.05, 3.63) is 96.0 Å². The monoisotopic (exact) mass is 426 g/mol. The van der Waals surface area contributed by atoms with Crippen LogP contribution in [-0.2, 0) is 11.2 Å². The summed E-state index contributed by atoms with van der Waals surface area (Å²) < 4.78 is 6.10. The lowest BCUT2D eigenvalue weighted by Gasteiger charge is -2.35. The molecule has 0 saturated heterocycles. The lowest BCUT2D eigenvalue weighted by molar-refractivity contribution is -0.132. The Morgan fingerprint density at radius 3 is 2.62 bits per heavy atom. The summed E-state index contributed by atoms with van der Waals surface area (Å²) >= 11 is 0. The summed E-state index contributed by atoms with van der Waals surface area (Å²) in [5.74, 6) is 0.602. The van der Waals surface area contributed by atoms with E-state index < -0.39 is 5.97 Å². The fraction of sp³-hybridized carbons (Fsp3) is 0.120. The average Bonchev–Trinajstić information content (AvgIpc) is 2.84. The molecule has 7 heteroatoms. The summed E-state index contributed by atoms with van der Waals surface area (Å²) in [5, 5.41) is 16.3. The Bertz CT molecular complexity index is 1210. The lowest BCUT2D eigenvalue weighted by Crippen LogP contribution is -2.27. The van der Waals surface area contributed by atoms with Crippen molar-refractivity contribution in [2.45, 2.75) is 6.42 Å². The third kappa shape index (κ3) is 3.76. The highest BCUT2D eigenvalue weighted by molar-refractivity contribution is 5.97. The number of ether oxygens (including phenoxy) is 1. The molecular weight excluding hydrogens is 404 g/mol. The summed E-state index contributed by atoms with van der Waals surface area (Å²) in [6.45, 7) is 1.35. The van der Waals surface area contributed by atoms with Crippen molar-refractivity contribution in [2.75, 3.05) is 28.6 Å². The molecule has 0 bridgehead atoms. The number of pyridine rings is 1. The normalized spacial score (nSPS) is 13.9. The summed E-state index contributed by atoms with van der Waals surface area (Å²) in [7, 11) is 0. The molecule has 0 fully saturated rings. The molecule has 2 aromatic carbocycles. The molecule has 3 aromatic rings. The molecule has 1 aromatic heterocycles. The molecule has 0 radical (unpaired) electrons. The number of hydrogen-bond donors (Lipinski definition) is 3. The minimum absolute atomic E-state index is 0.340. The molecule has 0 aliphatic carbocycles. The van der Waals surface area contributed by atoms with Gasteiger partial charge >= 0.3 is 5.97 Å². The maximum Gasteiger partial charge on any atom is 0.333 e. The van der Waals surface area contributed by atoms with Gasteiger partial charge in [-0.25, -0.2) is 9.78 Å². The van der Waals surface area contributed by atoms with E-state index >= 15 is 0 Å². The molecule has 0 saturated carbocycles. The van der Waals surface area contributed by atoms with E-state index in [1.54, 1.807) is 18.7 Å². The van der Waals surface area contributed by atoms with E-state index in [1.165, 1.54) is 0 Å². The number of carbonyl (C=O) groups is 1. The average molecular weight is 426 g/mol. The molecule has 7 nitrogen and oxygen atoms in total. The zero-order valence-electron chi connectivity index (χ0n) is 17.3. The Hall–Kier alpha value is -4.26. The molecule has 2 aliphatic rings. The first kappa shape index (κ1) is 19.7. The van der Waals surface area contributed by atoms with Gasteiger partial charge in [0.05, 0.1) is 22.6 Å². The third-order valence-electron chi connectivity index (χ3n) is 5.43. The first-order chi connectivity index (χ1) is 15.7. The highest BCUT2D eigenvalue weighted by atomic mass is 16.5. The van der Waals surface area contributed by atoms with Crippen LogP contribution in [-0.4, -0.2) is 29.1 Å². The molecule has 160 valence electrons. The number of hydrogen-bond acceptors (Lipinski definition) is 6. The van der Waals surface area contributed by atoms with E-state index in [4.69, 9.17) is 4.74 Å². The molecule has 0 unspecified atom stereocenters. The predicted molar refractivity (Wildman–Crippen MR) is 125 cm³/mol. The molecule has 5 rings (SSSR count). The Kier molecular flexibility index (Phi) is 5.21. The van der Waals surface area contributed by atoms with Gasteiger partial charge in [-0.2, -0.15) is 0 Å². The minimum atomic E-state index is -0.918. The number of aromatic nitrogens is 1. The summed E-state index contributed by atoms with van der Waals surface area (Å²) in [6.07, 6.45) is 5.48. The van der Waals surface area contributed by atoms with Gasteiger partial charge in [0, 0.05) is 37.5 Å². The molecule has 0 spiro atoms. The van der Waals surface area contributed by atoms with Crippen LogP contribution in [0, 0.1) is 0 Å². The van der Waals surface area contributed by atoms with Crippen LogP contribution in [0.25, 0.3) is 5.70 Å². The second-order valence-electron chi connectivity index (χ2n) is 7.51. The standard InChI is InChI=1S/C25H22N4O3/c30-25(31)19-14-18-9-10-20(26-12-13-28-22-8-4-5-11-27-22)24-23(18)29(15-19)21(16-32-24)17-6-2-1-3-7-17/h1-11,15-16,26H,12-14H2,(H,27,28)(H,30,31). The van der Waals surface area contributed by atoms with Crippen LogP contribution < -0.4 is 20.3 Å². The van der Waals surface area contributed by atoms with Gasteiger partial charge < -0.3 is 25.4 Å². The van der Waals surface area contributed by atoms with Crippen molar-refractivity contribution in [1.29, 1.82) is 0 Å². The van der Waals surface area contributed by atoms with Gasteiger partial charge in [0.25, 0.3) is 0 Å². The molecule has 0 amide bonds. The van der Waals surface area contributed by atoms with Crippen LogP contribution in [0.15, 0.2) is 84.9 Å². The SMILES string of the molecule is O=C(O)C1=CN2C(c3ccccc3)=COc3c(NCCNc4ccccn4)ccc(c32)C1. The molecule has 3 heterocycles. The first-order valence-electron chi connectivity index (χ1n) is 10.4. The van der Waals surface area contributed by atoms with Crippen LogP contribution in [0.1, 0.15) is 11.1 Å². The predicted octanol–water partition coefficient (Wildman–Crippen LogP) is 4.33. The number of rotatable bonds is 7. The Morgan fingerprint density at radius 1 is 1.03 bits per heavy atom. The smallest absolute Gasteiger partial charge is 0.333 e. The Labute approximate surface area is 185 Å². The molecule has 3 N–H and O–H groups in total. The number of benzene rings is 2. The van der Waals surface area contributed by atoms with E-state index in [-0.39, 0.29) is 0 Å². The van der Waals surface area contributed by atoms with E-state index in [0.29, 0.717) is 30.8 Å². The topological polar surface area (TPSA) is 86.7 Å². The number of aliphatic carboxylic acids is 1. The largest absolute Gasteiger partial charge is 0.478 e. The maximum atomic E-state index is 11.8. The van der Waals surface area contributed by atoms with E-state index in [9.17, 15) is 9.90 Å². The van der Waals surface area contributed by atoms with Crippen molar-refractivity contribution >= 4 is 28.9 Å². The summed E-state index contributed by atoms with van der Waals surface area (Å²) in [6, 6.07) is 19.5. The number of nitrogens with zero attached hydrogens (tertiary/aromatic N) is 2. The zero-order chi connectivity index (χ0) is 21.9. The summed E-state index contributed by atoms with van der Waals surface area (Å²) in [5.41, 5.74) is 4.73. The van der Waals surface area contributed by atoms with Gasteiger partial charge in [0.2, 0.25) is 0 Å². The Morgan fingerprint density at radius 2 is 1.84 bits per heavy atom. The number of anilines is 3. The third-order valence-corrected chi connectivity index (χ3v) is 5.43. The second-order valence-corrected chi connectivity index (χ2v) is 7.51. The van der Waals surface area contributed by atoms with Crippen molar-refractivity contribution in [3.8, 4) is 5.75 Å². The van der Waals surface area contributed by atoms with Crippen molar-refractivity contribution < 1.29 is 14.6 Å². The zero-order valence-corrected chi connectivity index (χ0v) is 17.3. The van der Waals surface area contributed by atoms with Gasteiger partial charge in [0.1, 0.15) is 12.1 Å². The van der Waals surface area contributed by atoms with Crippen LogP contribution >= 0.6 is 0 Å². The number of carboxylic acids is 1. The van der Waals surface area contributed by atoms with Crippen LogP contribution in [0.5, 0.6) is 5.75 Å². The van der Waals surface area contributed by atoms with Crippen LogP contribution in [0.3, 0.4) is 0 Å². The van der Waals surface area contributed by atoms with E-state index in [0.717, 1.165) is 34.0 Å². The van der Waals surface area contributed by atoms with E-state index in [2.05, 4.69) is 15.6 Å². The van der Waals surface area contributed by atoms with Crippen LogP contribution in [0.2, 0.25) is 0 Å². The first-order valence-corrected chi connectivity index (χ1v) is 10.4. The molecular formula is C25H22N4O3. The van der Waals surface area contributed by atoms with Crippen molar-refractivity contribution in [1.82, 2.24) is 4.98 Å². The molecule has 2 aliphatic heterocycles. The molecule has 32 heavy (non-hydrogen) atoms. The van der Waals surface area contributed by atoms with Gasteiger partial charge in [-0.3, -0.25) is 0 Å². The minimum Gasteiger partial charge on any atom is -0.478 e. The maximum absolute atomic E-state index is 11.8. The van der Waals surface area contributed by atoms with Gasteiger partial charge in [-0.15, -0.1) is 0 Å². The molecule has 0 atom stereocenters. The highest BCUT2D eigenvalue weighted by Crippen LogP contribution is 2.48. The van der Waals surface area contributed by atoms with Crippen molar-refractivity contribution in [3.63, 3.8) is 0 Å². The van der Waals surface area contributed by atoms with Gasteiger partial charge in [-0.05, 0) is 23.8 Å². The Balaban J connectivity index is 1.42. The number of nitrogens with one attached hydrogen (secondary N) is 2. The fourth-order valence-corrected chi connectivity index (χ4v) is 3.91.